The zero-order valence-electron chi connectivity index (χ0n) is 10.7. The molecule has 0 aliphatic rings. The number of hydrogen-bond acceptors (Lipinski definition) is 5. The van der Waals surface area contributed by atoms with Crippen molar-refractivity contribution < 1.29 is 9.84 Å². The van der Waals surface area contributed by atoms with Crippen molar-refractivity contribution >= 4 is 11.4 Å². The van der Waals surface area contributed by atoms with Crippen molar-refractivity contribution in [2.75, 3.05) is 24.7 Å². The molecule has 0 spiro atoms. The van der Waals surface area contributed by atoms with Crippen LogP contribution in [0.5, 0.6) is 5.88 Å². The SMILES string of the molecule is COc1cc(NCC(O)c2ccc(N)cc2)ccn1. The van der Waals surface area contributed by atoms with E-state index in [0.717, 1.165) is 11.3 Å². The summed E-state index contributed by atoms with van der Waals surface area (Å²) in [6.07, 6.45) is 1.05. The fraction of sp³-hybridized carbons (Fsp3) is 0.214. The van der Waals surface area contributed by atoms with Gasteiger partial charge in [0.2, 0.25) is 5.88 Å². The molecule has 4 N–H and O–H groups in total. The third-order valence-electron chi connectivity index (χ3n) is 2.76. The predicted molar refractivity (Wildman–Crippen MR) is 75.1 cm³/mol. The van der Waals surface area contributed by atoms with Crippen molar-refractivity contribution in [2.45, 2.75) is 6.10 Å². The minimum atomic E-state index is -0.597. The van der Waals surface area contributed by atoms with Crippen LogP contribution >= 0.6 is 0 Å². The van der Waals surface area contributed by atoms with Crippen LogP contribution in [0.25, 0.3) is 0 Å². The van der Waals surface area contributed by atoms with Gasteiger partial charge in [-0.25, -0.2) is 4.98 Å². The van der Waals surface area contributed by atoms with Gasteiger partial charge in [-0.3, -0.25) is 0 Å². The van der Waals surface area contributed by atoms with E-state index in [2.05, 4.69) is 10.3 Å². The monoisotopic (exact) mass is 259 g/mol. The summed E-state index contributed by atoms with van der Waals surface area (Å²) < 4.78 is 5.03. The summed E-state index contributed by atoms with van der Waals surface area (Å²) in [5.41, 5.74) is 7.96. The first kappa shape index (κ1) is 13.2. The molecule has 0 fully saturated rings. The summed E-state index contributed by atoms with van der Waals surface area (Å²) in [5, 5.41) is 13.2. The molecule has 0 amide bonds. The van der Waals surface area contributed by atoms with E-state index in [1.165, 1.54) is 0 Å². The van der Waals surface area contributed by atoms with Crippen molar-refractivity contribution in [3.8, 4) is 5.88 Å². The number of ether oxygens (including phenoxy) is 1. The highest BCUT2D eigenvalue weighted by Gasteiger charge is 2.07. The smallest absolute Gasteiger partial charge is 0.214 e. The fourth-order valence-corrected chi connectivity index (χ4v) is 1.68. The lowest BCUT2D eigenvalue weighted by Gasteiger charge is -2.13. The Morgan fingerprint density at radius 2 is 2.05 bits per heavy atom. The molecule has 1 unspecified atom stereocenters. The Kier molecular flexibility index (Phi) is 4.20. The van der Waals surface area contributed by atoms with Crippen molar-refractivity contribution in [3.05, 3.63) is 48.2 Å². The van der Waals surface area contributed by atoms with Gasteiger partial charge in [0, 0.05) is 30.2 Å². The van der Waals surface area contributed by atoms with E-state index >= 15 is 0 Å². The fourth-order valence-electron chi connectivity index (χ4n) is 1.68. The Labute approximate surface area is 112 Å². The van der Waals surface area contributed by atoms with E-state index in [1.807, 2.05) is 18.2 Å². The highest BCUT2D eigenvalue weighted by atomic mass is 16.5. The number of aromatic nitrogens is 1. The molecule has 1 atom stereocenters. The molecule has 0 aliphatic carbocycles. The number of anilines is 2. The summed E-state index contributed by atoms with van der Waals surface area (Å²) in [5.74, 6) is 0.534. The molecule has 0 saturated carbocycles. The highest BCUT2D eigenvalue weighted by molar-refractivity contribution is 5.45. The van der Waals surface area contributed by atoms with E-state index in [1.54, 1.807) is 31.5 Å². The highest BCUT2D eigenvalue weighted by Crippen LogP contribution is 2.17. The Bertz CT molecular complexity index is 528. The molecule has 100 valence electrons. The lowest BCUT2D eigenvalue weighted by Crippen LogP contribution is -2.12. The lowest BCUT2D eigenvalue weighted by molar-refractivity contribution is 0.191. The Hall–Kier alpha value is -2.27. The molecule has 0 bridgehead atoms. The van der Waals surface area contributed by atoms with E-state index < -0.39 is 6.10 Å². The van der Waals surface area contributed by atoms with Gasteiger partial charge in [0.05, 0.1) is 13.2 Å². The number of nitrogens with zero attached hydrogens (tertiary/aromatic N) is 1. The minimum Gasteiger partial charge on any atom is -0.481 e. The van der Waals surface area contributed by atoms with Crippen LogP contribution in [0.3, 0.4) is 0 Å². The first-order valence-corrected chi connectivity index (χ1v) is 5.96. The zero-order chi connectivity index (χ0) is 13.7. The number of pyridine rings is 1. The van der Waals surface area contributed by atoms with E-state index in [0.29, 0.717) is 18.1 Å². The minimum absolute atomic E-state index is 0.400. The maximum Gasteiger partial charge on any atom is 0.214 e. The second-order valence-corrected chi connectivity index (χ2v) is 4.15. The maximum absolute atomic E-state index is 10.0. The topological polar surface area (TPSA) is 80.4 Å². The van der Waals surface area contributed by atoms with Gasteiger partial charge in [-0.15, -0.1) is 0 Å². The predicted octanol–water partition coefficient (Wildman–Crippen LogP) is 1.82. The molecule has 2 rings (SSSR count). The summed E-state index contributed by atoms with van der Waals surface area (Å²) in [7, 11) is 1.56. The average molecular weight is 259 g/mol. The van der Waals surface area contributed by atoms with Gasteiger partial charge in [0.25, 0.3) is 0 Å². The van der Waals surface area contributed by atoms with Crippen molar-refractivity contribution in [2.24, 2.45) is 0 Å². The quantitative estimate of drug-likeness (QED) is 0.714. The lowest BCUT2D eigenvalue weighted by atomic mass is 10.1. The maximum atomic E-state index is 10.0. The number of nitrogen functional groups attached to an aromatic ring is 1. The largest absolute Gasteiger partial charge is 0.481 e. The van der Waals surface area contributed by atoms with E-state index in [4.69, 9.17) is 10.5 Å². The van der Waals surface area contributed by atoms with Crippen LogP contribution in [0, 0.1) is 0 Å². The molecular weight excluding hydrogens is 242 g/mol. The standard InChI is InChI=1S/C14H17N3O2/c1-19-14-8-12(6-7-16-14)17-9-13(18)10-2-4-11(15)5-3-10/h2-8,13,18H,9,15H2,1H3,(H,16,17). The third kappa shape index (κ3) is 3.59. The van der Waals surface area contributed by atoms with Crippen LogP contribution < -0.4 is 15.8 Å². The molecule has 0 radical (unpaired) electrons. The van der Waals surface area contributed by atoms with Crippen LogP contribution in [0.2, 0.25) is 0 Å². The van der Waals surface area contributed by atoms with Crippen LogP contribution in [0.15, 0.2) is 42.6 Å². The normalized spacial score (nSPS) is 11.9. The first-order chi connectivity index (χ1) is 9.19. The molecular formula is C14H17N3O2. The Morgan fingerprint density at radius 3 is 2.74 bits per heavy atom. The number of aliphatic hydroxyl groups excluding tert-OH is 1. The number of rotatable bonds is 5. The number of aliphatic hydroxyl groups is 1. The second kappa shape index (κ2) is 6.06. The molecule has 2 aromatic rings. The molecule has 5 nitrogen and oxygen atoms in total. The van der Waals surface area contributed by atoms with Crippen molar-refractivity contribution in [1.82, 2.24) is 4.98 Å². The number of nitrogens with two attached hydrogens (primary N) is 1. The van der Waals surface area contributed by atoms with Gasteiger partial charge >= 0.3 is 0 Å². The molecule has 19 heavy (non-hydrogen) atoms. The number of hydrogen-bond donors (Lipinski definition) is 3. The third-order valence-corrected chi connectivity index (χ3v) is 2.76. The van der Waals surface area contributed by atoms with Crippen molar-refractivity contribution in [3.63, 3.8) is 0 Å². The summed E-state index contributed by atoms with van der Waals surface area (Å²) in [6.45, 7) is 0.400. The number of nitrogens with one attached hydrogen (secondary N) is 1. The first-order valence-electron chi connectivity index (χ1n) is 5.96. The molecule has 5 heteroatoms. The van der Waals surface area contributed by atoms with E-state index in [9.17, 15) is 5.11 Å². The van der Waals surface area contributed by atoms with Crippen LogP contribution in [0.1, 0.15) is 11.7 Å². The average Bonchev–Trinajstić information content (AvgIpc) is 2.46. The van der Waals surface area contributed by atoms with Crippen molar-refractivity contribution in [1.29, 1.82) is 0 Å². The van der Waals surface area contributed by atoms with Gasteiger partial charge in [-0.1, -0.05) is 12.1 Å². The van der Waals surface area contributed by atoms with Gasteiger partial charge in [-0.05, 0) is 23.8 Å². The zero-order valence-corrected chi connectivity index (χ0v) is 10.7. The number of methoxy groups -OCH3 is 1. The second-order valence-electron chi connectivity index (χ2n) is 4.15. The summed E-state index contributed by atoms with van der Waals surface area (Å²) >= 11 is 0. The summed E-state index contributed by atoms with van der Waals surface area (Å²) in [4.78, 5) is 4.01. The molecule has 0 aliphatic heterocycles. The number of benzene rings is 1. The van der Waals surface area contributed by atoms with Crippen LogP contribution in [-0.2, 0) is 0 Å². The van der Waals surface area contributed by atoms with Gasteiger partial charge in [0.1, 0.15) is 0 Å². The Balaban J connectivity index is 1.96. The molecule has 0 saturated heterocycles. The van der Waals surface area contributed by atoms with E-state index in [-0.39, 0.29) is 0 Å². The molecule has 1 aromatic heterocycles. The summed E-state index contributed by atoms with van der Waals surface area (Å²) in [6, 6.07) is 10.8. The molecule has 1 aromatic carbocycles. The van der Waals surface area contributed by atoms with Gasteiger partial charge < -0.3 is 20.9 Å². The van der Waals surface area contributed by atoms with Crippen LogP contribution in [-0.4, -0.2) is 23.7 Å². The molecule has 1 heterocycles. The van der Waals surface area contributed by atoms with Gasteiger partial charge in [-0.2, -0.15) is 0 Å². The van der Waals surface area contributed by atoms with Crippen LogP contribution in [0.4, 0.5) is 11.4 Å². The Morgan fingerprint density at radius 1 is 1.32 bits per heavy atom. The van der Waals surface area contributed by atoms with Gasteiger partial charge in [0.15, 0.2) is 0 Å².